The van der Waals surface area contributed by atoms with Crippen LogP contribution in [-0.4, -0.2) is 9.97 Å². The Morgan fingerprint density at radius 3 is 1.80 bits per heavy atom. The Balaban J connectivity index is 0.954. The number of aromatic nitrogens is 2. The van der Waals surface area contributed by atoms with E-state index in [0.717, 1.165) is 66.5 Å². The molecule has 0 saturated heterocycles. The zero-order valence-corrected chi connectivity index (χ0v) is 35.4. The average molecular weight is 817 g/mol. The molecule has 3 nitrogen and oxygen atoms in total. The van der Waals surface area contributed by atoms with Crippen LogP contribution in [0.4, 0.5) is 0 Å². The molecule has 64 heavy (non-hydrogen) atoms. The summed E-state index contributed by atoms with van der Waals surface area (Å²) in [5.74, 6) is 0.693. The van der Waals surface area contributed by atoms with Crippen LogP contribution < -0.4 is 0 Å². The average Bonchev–Trinajstić information content (AvgIpc) is 3.85. The van der Waals surface area contributed by atoms with E-state index in [-0.39, 0.29) is 5.41 Å². The molecule has 300 valence electrons. The Morgan fingerprint density at radius 2 is 0.984 bits per heavy atom. The van der Waals surface area contributed by atoms with Crippen LogP contribution in [0.1, 0.15) is 25.0 Å². The van der Waals surface area contributed by atoms with Crippen LogP contribution in [0, 0.1) is 0 Å². The van der Waals surface area contributed by atoms with Crippen LogP contribution >= 0.6 is 0 Å². The standard InChI is InChI=1S/C61H40N2O/c1-61(2)51-24-12-23-49(57(51)50-34-41-17-6-7-18-42(41)35-52(50)61)47-31-32-48(46-21-11-10-20-45(46)47)54-36-53(62-60(63-54)40-15-4-3-5-16-40)39-28-26-38(27-29-39)44-22-13-25-55-58(44)59-43-19-9-8-14-37(43)30-33-56(59)64-55/h3-36H,1-2H3. The molecule has 13 rings (SSSR count). The van der Waals surface area contributed by atoms with Gasteiger partial charge in [0, 0.05) is 32.9 Å². The summed E-state index contributed by atoms with van der Waals surface area (Å²) in [7, 11) is 0. The maximum absolute atomic E-state index is 6.43. The largest absolute Gasteiger partial charge is 0.456 e. The predicted octanol–water partition coefficient (Wildman–Crippen LogP) is 16.5. The third-order valence-corrected chi connectivity index (χ3v) is 13.7. The lowest BCUT2D eigenvalue weighted by atomic mass is 9.81. The van der Waals surface area contributed by atoms with Crippen molar-refractivity contribution >= 4 is 54.3 Å². The third-order valence-electron chi connectivity index (χ3n) is 13.7. The highest BCUT2D eigenvalue weighted by Crippen LogP contribution is 2.54. The van der Waals surface area contributed by atoms with Crippen molar-refractivity contribution in [2.45, 2.75) is 19.3 Å². The van der Waals surface area contributed by atoms with E-state index in [1.807, 2.05) is 18.2 Å². The van der Waals surface area contributed by atoms with Crippen LogP contribution in [0.15, 0.2) is 211 Å². The topological polar surface area (TPSA) is 38.9 Å². The fourth-order valence-corrected chi connectivity index (χ4v) is 10.6. The second-order valence-corrected chi connectivity index (χ2v) is 17.7. The van der Waals surface area contributed by atoms with Crippen LogP contribution in [0.5, 0.6) is 0 Å². The van der Waals surface area contributed by atoms with Crippen LogP contribution in [0.2, 0.25) is 0 Å². The van der Waals surface area contributed by atoms with Crippen molar-refractivity contribution in [2.75, 3.05) is 0 Å². The Kier molecular flexibility index (Phi) is 7.95. The first-order chi connectivity index (χ1) is 31.5. The van der Waals surface area contributed by atoms with Crippen LogP contribution in [-0.2, 0) is 5.41 Å². The SMILES string of the molecule is CC1(C)c2cc3ccccc3cc2-c2c(-c3ccc(-c4cc(-c5ccc(-c6cccc7oc8ccc9ccccc9c8c67)cc5)nc(-c5ccccc5)n4)c4ccccc34)cccc21. The highest BCUT2D eigenvalue weighted by atomic mass is 16.3. The summed E-state index contributed by atoms with van der Waals surface area (Å²) in [4.78, 5) is 10.5. The van der Waals surface area contributed by atoms with Gasteiger partial charge in [0.05, 0.1) is 11.4 Å². The van der Waals surface area contributed by atoms with Gasteiger partial charge in [-0.2, -0.15) is 0 Å². The molecule has 1 aliphatic rings. The second-order valence-electron chi connectivity index (χ2n) is 17.7. The molecular formula is C61H40N2O. The van der Waals surface area contributed by atoms with Gasteiger partial charge < -0.3 is 4.42 Å². The van der Waals surface area contributed by atoms with Gasteiger partial charge in [-0.05, 0) is 107 Å². The molecule has 0 spiro atoms. The van der Waals surface area contributed by atoms with Gasteiger partial charge in [-0.1, -0.05) is 190 Å². The minimum atomic E-state index is -0.125. The number of fused-ring (bicyclic) bond motifs is 10. The molecular weight excluding hydrogens is 777 g/mol. The van der Waals surface area contributed by atoms with E-state index in [9.17, 15) is 0 Å². The third kappa shape index (κ3) is 5.54. The lowest BCUT2D eigenvalue weighted by Gasteiger charge is -2.22. The summed E-state index contributed by atoms with van der Waals surface area (Å²) in [5, 5.41) is 9.57. The second kappa shape index (κ2) is 13.9. The Labute approximate surface area is 371 Å². The van der Waals surface area contributed by atoms with Gasteiger partial charge in [-0.3, -0.25) is 0 Å². The van der Waals surface area contributed by atoms with Crippen molar-refractivity contribution in [3.05, 3.63) is 217 Å². The summed E-state index contributed by atoms with van der Waals surface area (Å²) in [6, 6.07) is 74.2. The summed E-state index contributed by atoms with van der Waals surface area (Å²) in [6.07, 6.45) is 0. The molecule has 0 radical (unpaired) electrons. The van der Waals surface area contributed by atoms with Crippen molar-refractivity contribution in [1.29, 1.82) is 0 Å². The first-order valence-electron chi connectivity index (χ1n) is 22.1. The normalized spacial score (nSPS) is 13.0. The lowest BCUT2D eigenvalue weighted by Crippen LogP contribution is -2.14. The first kappa shape index (κ1) is 36.5. The molecule has 0 amide bonds. The minimum Gasteiger partial charge on any atom is -0.456 e. The summed E-state index contributed by atoms with van der Waals surface area (Å²) in [6.45, 7) is 4.73. The van der Waals surface area contributed by atoms with Crippen molar-refractivity contribution in [3.63, 3.8) is 0 Å². The first-order valence-corrected chi connectivity index (χ1v) is 22.1. The van der Waals surface area contributed by atoms with Crippen molar-refractivity contribution in [3.8, 4) is 67.3 Å². The van der Waals surface area contributed by atoms with E-state index < -0.39 is 0 Å². The number of nitrogens with zero attached hydrogens (tertiary/aromatic N) is 2. The molecule has 12 aromatic rings. The van der Waals surface area contributed by atoms with E-state index in [4.69, 9.17) is 14.4 Å². The van der Waals surface area contributed by atoms with Gasteiger partial charge in [-0.15, -0.1) is 0 Å². The van der Waals surface area contributed by atoms with Crippen LogP contribution in [0.3, 0.4) is 0 Å². The van der Waals surface area contributed by atoms with E-state index in [1.165, 1.54) is 60.3 Å². The number of rotatable bonds is 5. The smallest absolute Gasteiger partial charge is 0.160 e. The Bertz CT molecular complexity index is 3860. The predicted molar refractivity (Wildman–Crippen MR) is 267 cm³/mol. The molecule has 0 atom stereocenters. The molecule has 10 aromatic carbocycles. The zero-order valence-electron chi connectivity index (χ0n) is 35.4. The molecule has 2 heterocycles. The fraction of sp³-hybridized carbons (Fsp3) is 0.0492. The molecule has 2 aromatic heterocycles. The highest BCUT2D eigenvalue weighted by molar-refractivity contribution is 6.22. The summed E-state index contributed by atoms with van der Waals surface area (Å²) in [5.41, 5.74) is 16.6. The fourth-order valence-electron chi connectivity index (χ4n) is 10.6. The van der Waals surface area contributed by atoms with Gasteiger partial charge in [-0.25, -0.2) is 9.97 Å². The maximum Gasteiger partial charge on any atom is 0.160 e. The monoisotopic (exact) mass is 816 g/mol. The Hall–Kier alpha value is -8.14. The van der Waals surface area contributed by atoms with E-state index >= 15 is 0 Å². The summed E-state index contributed by atoms with van der Waals surface area (Å²) < 4.78 is 6.43. The number of hydrogen-bond donors (Lipinski definition) is 0. The van der Waals surface area contributed by atoms with E-state index in [1.54, 1.807) is 0 Å². The van der Waals surface area contributed by atoms with Gasteiger partial charge in [0.2, 0.25) is 0 Å². The Morgan fingerprint density at radius 1 is 0.359 bits per heavy atom. The molecule has 0 fully saturated rings. The highest BCUT2D eigenvalue weighted by Gasteiger charge is 2.37. The van der Waals surface area contributed by atoms with Crippen LogP contribution in [0.25, 0.3) is 122 Å². The summed E-state index contributed by atoms with van der Waals surface area (Å²) >= 11 is 0. The molecule has 0 saturated carbocycles. The number of hydrogen-bond acceptors (Lipinski definition) is 3. The maximum atomic E-state index is 6.43. The van der Waals surface area contributed by atoms with Crippen molar-refractivity contribution < 1.29 is 4.42 Å². The molecule has 0 aliphatic heterocycles. The van der Waals surface area contributed by atoms with Gasteiger partial charge >= 0.3 is 0 Å². The number of furan rings is 1. The quantitative estimate of drug-likeness (QED) is 0.174. The van der Waals surface area contributed by atoms with Gasteiger partial charge in [0.1, 0.15) is 11.2 Å². The zero-order chi connectivity index (χ0) is 42.5. The molecule has 0 bridgehead atoms. The van der Waals surface area contributed by atoms with Crippen molar-refractivity contribution in [1.82, 2.24) is 9.97 Å². The molecule has 0 N–H and O–H groups in total. The minimum absolute atomic E-state index is 0.125. The van der Waals surface area contributed by atoms with E-state index in [2.05, 4.69) is 202 Å². The van der Waals surface area contributed by atoms with E-state index in [0.29, 0.717) is 5.82 Å². The van der Waals surface area contributed by atoms with Gasteiger partial charge in [0.15, 0.2) is 5.82 Å². The van der Waals surface area contributed by atoms with Gasteiger partial charge in [0.25, 0.3) is 0 Å². The number of benzene rings is 10. The lowest BCUT2D eigenvalue weighted by molar-refractivity contribution is 0.661. The molecule has 1 aliphatic carbocycles. The molecule has 3 heteroatoms. The van der Waals surface area contributed by atoms with Crippen molar-refractivity contribution in [2.24, 2.45) is 0 Å². The molecule has 0 unspecified atom stereocenters.